The largest absolute Gasteiger partial charge is 0.336 e. The molecule has 0 aliphatic heterocycles. The van der Waals surface area contributed by atoms with Crippen molar-refractivity contribution in [3.63, 3.8) is 0 Å². The SMILES string of the molecule is CCN(C(=O)c1ccsc1)C1CCCCC1CN. The molecule has 100 valence electrons. The van der Waals surface area contributed by atoms with Crippen LogP contribution in [0.4, 0.5) is 0 Å². The fraction of sp³-hybridized carbons (Fsp3) is 0.643. The average molecular weight is 266 g/mol. The van der Waals surface area contributed by atoms with Gasteiger partial charge in [-0.3, -0.25) is 4.79 Å². The fourth-order valence-corrected chi connectivity index (χ4v) is 3.58. The van der Waals surface area contributed by atoms with E-state index >= 15 is 0 Å². The van der Waals surface area contributed by atoms with E-state index in [4.69, 9.17) is 5.73 Å². The number of hydrogen-bond donors (Lipinski definition) is 1. The van der Waals surface area contributed by atoms with Crippen molar-refractivity contribution in [2.45, 2.75) is 38.6 Å². The number of hydrogen-bond acceptors (Lipinski definition) is 3. The lowest BCUT2D eigenvalue weighted by Gasteiger charge is -2.39. The monoisotopic (exact) mass is 266 g/mol. The minimum atomic E-state index is 0.170. The second kappa shape index (κ2) is 6.34. The molecule has 4 heteroatoms. The summed E-state index contributed by atoms with van der Waals surface area (Å²) in [6.45, 7) is 3.53. The minimum absolute atomic E-state index is 0.170. The van der Waals surface area contributed by atoms with Gasteiger partial charge in [-0.2, -0.15) is 11.3 Å². The van der Waals surface area contributed by atoms with Crippen molar-refractivity contribution in [3.8, 4) is 0 Å². The van der Waals surface area contributed by atoms with Crippen molar-refractivity contribution in [3.05, 3.63) is 22.4 Å². The summed E-state index contributed by atoms with van der Waals surface area (Å²) in [7, 11) is 0. The first-order valence-corrected chi connectivity index (χ1v) is 7.75. The van der Waals surface area contributed by atoms with E-state index in [-0.39, 0.29) is 5.91 Å². The van der Waals surface area contributed by atoms with E-state index in [0.29, 0.717) is 18.5 Å². The molecule has 0 bridgehead atoms. The first kappa shape index (κ1) is 13.6. The van der Waals surface area contributed by atoms with E-state index < -0.39 is 0 Å². The average Bonchev–Trinajstić information content (AvgIpc) is 2.94. The lowest BCUT2D eigenvalue weighted by atomic mass is 9.83. The Morgan fingerprint density at radius 1 is 1.50 bits per heavy atom. The molecule has 1 fully saturated rings. The molecule has 1 heterocycles. The molecule has 0 saturated heterocycles. The van der Waals surface area contributed by atoms with Crippen LogP contribution in [-0.4, -0.2) is 29.9 Å². The summed E-state index contributed by atoms with van der Waals surface area (Å²) in [4.78, 5) is 14.5. The van der Waals surface area contributed by atoms with Crippen LogP contribution in [0.1, 0.15) is 43.0 Å². The second-order valence-corrected chi connectivity index (χ2v) is 5.73. The van der Waals surface area contributed by atoms with Crippen molar-refractivity contribution in [1.29, 1.82) is 0 Å². The maximum Gasteiger partial charge on any atom is 0.254 e. The third kappa shape index (κ3) is 2.75. The molecule has 3 nitrogen and oxygen atoms in total. The molecule has 0 spiro atoms. The van der Waals surface area contributed by atoms with E-state index in [0.717, 1.165) is 24.9 Å². The molecule has 0 radical (unpaired) electrons. The van der Waals surface area contributed by atoms with Gasteiger partial charge in [-0.25, -0.2) is 0 Å². The maximum atomic E-state index is 12.5. The van der Waals surface area contributed by atoms with E-state index in [1.807, 2.05) is 21.7 Å². The highest BCUT2D eigenvalue weighted by Crippen LogP contribution is 2.29. The molecule has 18 heavy (non-hydrogen) atoms. The summed E-state index contributed by atoms with van der Waals surface area (Å²) >= 11 is 1.58. The van der Waals surface area contributed by atoms with Gasteiger partial charge in [0.25, 0.3) is 5.91 Å². The zero-order valence-electron chi connectivity index (χ0n) is 11.0. The molecule has 2 unspecified atom stereocenters. The fourth-order valence-electron chi connectivity index (χ4n) is 2.95. The van der Waals surface area contributed by atoms with Crippen LogP contribution in [-0.2, 0) is 0 Å². The van der Waals surface area contributed by atoms with Crippen LogP contribution in [0.5, 0.6) is 0 Å². The third-order valence-corrected chi connectivity index (χ3v) is 4.62. The molecule has 1 amide bonds. The molecule has 2 N–H and O–H groups in total. The number of rotatable bonds is 4. The highest BCUT2D eigenvalue weighted by atomic mass is 32.1. The quantitative estimate of drug-likeness (QED) is 0.911. The molecule has 1 saturated carbocycles. The summed E-state index contributed by atoms with van der Waals surface area (Å²) in [5, 5.41) is 3.90. The van der Waals surface area contributed by atoms with Gasteiger partial charge in [-0.05, 0) is 43.7 Å². The number of thiophene rings is 1. The van der Waals surface area contributed by atoms with Crippen LogP contribution in [0.25, 0.3) is 0 Å². The van der Waals surface area contributed by atoms with Crippen molar-refractivity contribution < 1.29 is 4.79 Å². The van der Waals surface area contributed by atoms with Gasteiger partial charge in [0, 0.05) is 18.0 Å². The lowest BCUT2D eigenvalue weighted by Crippen LogP contribution is -2.47. The molecule has 1 aromatic heterocycles. The van der Waals surface area contributed by atoms with Crippen LogP contribution in [0, 0.1) is 5.92 Å². The second-order valence-electron chi connectivity index (χ2n) is 4.95. The van der Waals surface area contributed by atoms with Crippen LogP contribution in [0.2, 0.25) is 0 Å². The summed E-state index contributed by atoms with van der Waals surface area (Å²) < 4.78 is 0. The van der Waals surface area contributed by atoms with E-state index in [1.165, 1.54) is 12.8 Å². The Hall–Kier alpha value is -0.870. The van der Waals surface area contributed by atoms with E-state index in [2.05, 4.69) is 6.92 Å². The molecule has 0 aromatic carbocycles. The van der Waals surface area contributed by atoms with E-state index in [1.54, 1.807) is 11.3 Å². The Morgan fingerprint density at radius 2 is 2.28 bits per heavy atom. The molecule has 1 aliphatic carbocycles. The lowest BCUT2D eigenvalue weighted by molar-refractivity contribution is 0.0560. The first-order chi connectivity index (χ1) is 8.77. The zero-order valence-corrected chi connectivity index (χ0v) is 11.8. The van der Waals surface area contributed by atoms with Gasteiger partial charge in [0.05, 0.1) is 5.56 Å². The Balaban J connectivity index is 2.14. The summed E-state index contributed by atoms with van der Waals surface area (Å²) in [5.41, 5.74) is 6.69. The topological polar surface area (TPSA) is 46.3 Å². The van der Waals surface area contributed by atoms with Crippen LogP contribution in [0.3, 0.4) is 0 Å². The van der Waals surface area contributed by atoms with Gasteiger partial charge in [0.15, 0.2) is 0 Å². The van der Waals surface area contributed by atoms with Crippen molar-refractivity contribution >= 4 is 17.2 Å². The minimum Gasteiger partial charge on any atom is -0.336 e. The smallest absolute Gasteiger partial charge is 0.254 e. The highest BCUT2D eigenvalue weighted by Gasteiger charge is 2.31. The Bertz CT molecular complexity index is 377. The summed E-state index contributed by atoms with van der Waals surface area (Å²) in [5.74, 6) is 0.644. The van der Waals surface area contributed by atoms with Gasteiger partial charge in [0.2, 0.25) is 0 Å². The van der Waals surface area contributed by atoms with Gasteiger partial charge in [-0.15, -0.1) is 0 Å². The van der Waals surface area contributed by atoms with Gasteiger partial charge in [-0.1, -0.05) is 12.8 Å². The van der Waals surface area contributed by atoms with Crippen molar-refractivity contribution in [2.24, 2.45) is 11.7 Å². The number of amides is 1. The maximum absolute atomic E-state index is 12.5. The predicted octanol–water partition coefficient (Wildman–Crippen LogP) is 2.73. The number of nitrogens with two attached hydrogens (primary N) is 1. The molecular formula is C14H22N2OS. The Kier molecular flexibility index (Phi) is 4.78. The normalized spacial score (nSPS) is 23.9. The Labute approximate surface area is 113 Å². The van der Waals surface area contributed by atoms with Gasteiger partial charge in [0.1, 0.15) is 0 Å². The molecular weight excluding hydrogens is 244 g/mol. The van der Waals surface area contributed by atoms with Gasteiger partial charge >= 0.3 is 0 Å². The summed E-state index contributed by atoms with van der Waals surface area (Å²) in [6.07, 6.45) is 4.73. The molecule has 2 atom stereocenters. The third-order valence-electron chi connectivity index (χ3n) is 3.94. The van der Waals surface area contributed by atoms with Crippen LogP contribution in [0.15, 0.2) is 16.8 Å². The number of carbonyl (C=O) groups is 1. The van der Waals surface area contributed by atoms with E-state index in [9.17, 15) is 4.79 Å². The Morgan fingerprint density at radius 3 is 2.89 bits per heavy atom. The number of carbonyl (C=O) groups excluding carboxylic acids is 1. The predicted molar refractivity (Wildman–Crippen MR) is 75.8 cm³/mol. The molecule has 1 aromatic rings. The summed E-state index contributed by atoms with van der Waals surface area (Å²) in [6, 6.07) is 2.25. The highest BCUT2D eigenvalue weighted by molar-refractivity contribution is 7.08. The standard InChI is InChI=1S/C14H22N2OS/c1-2-16(14(17)12-7-8-18-10-12)13-6-4-3-5-11(13)9-15/h7-8,10-11,13H,2-6,9,15H2,1H3. The van der Waals surface area contributed by atoms with Crippen LogP contribution < -0.4 is 5.73 Å². The first-order valence-electron chi connectivity index (χ1n) is 6.81. The zero-order chi connectivity index (χ0) is 13.0. The van der Waals surface area contributed by atoms with Crippen molar-refractivity contribution in [2.75, 3.05) is 13.1 Å². The molecule has 1 aliphatic rings. The van der Waals surface area contributed by atoms with Crippen molar-refractivity contribution in [1.82, 2.24) is 4.90 Å². The van der Waals surface area contributed by atoms with Gasteiger partial charge < -0.3 is 10.6 Å². The molecule has 2 rings (SSSR count). The van der Waals surface area contributed by atoms with Crippen LogP contribution >= 0.6 is 11.3 Å². The number of nitrogens with zero attached hydrogens (tertiary/aromatic N) is 1.